The SMILES string of the molecule is CCCCCCCCCCCCCCCCCCC(=O)NC(CCC(=O)O)C(=O)N[C@H](C(=O)N[C@@H](CCC(N)=O)C(=O)N[C@@H](Cc1c[nH]cn1)C(=O)N[C@@H](CO)C(=O)N[C@@H](CCCC)C(=O)N[C@H]1CCC(=O)CNCCCC[C@@H](C(N)=O)NC(=O)[C@H](Cc2c[nH]c3ccccc23)NC(=O)[C@H](CCCNC(=N)N)NC(=O)C(Cc2ccccc2)NC(=O)[C@@H]2CC(O)CN2C1=O)C(C)O. The number of aromatic nitrogens is 3. The lowest BCUT2D eigenvalue weighted by atomic mass is 10.0. The van der Waals surface area contributed by atoms with Gasteiger partial charge in [0.25, 0.3) is 0 Å². The number of primary amides is 2. The molecule has 132 heavy (non-hydrogen) atoms. The largest absolute Gasteiger partial charge is 0.481 e. The minimum absolute atomic E-state index is 0.00967. The van der Waals surface area contributed by atoms with Crippen molar-refractivity contribution in [1.82, 2.24) is 89.0 Å². The third-order valence-electron chi connectivity index (χ3n) is 23.4. The van der Waals surface area contributed by atoms with Crippen LogP contribution in [0.4, 0.5) is 0 Å². The Bertz CT molecular complexity index is 4380. The van der Waals surface area contributed by atoms with Gasteiger partial charge in [-0.05, 0) is 94.9 Å². The molecule has 2 aromatic heterocycles. The highest BCUT2D eigenvalue weighted by Gasteiger charge is 2.45. The normalized spacial score (nSPS) is 19.7. The Morgan fingerprint density at radius 1 is 0.583 bits per heavy atom. The third-order valence-corrected chi connectivity index (χ3v) is 23.4. The Labute approximate surface area is 769 Å². The summed E-state index contributed by atoms with van der Waals surface area (Å²) in [5.74, 6) is -16.0. The number of unbranched alkanes of at least 4 members (excludes halogenated alkanes) is 16. The molecule has 0 spiro atoms. The minimum atomic E-state index is -1.93. The molecule has 6 rings (SSSR count). The van der Waals surface area contributed by atoms with E-state index in [2.05, 4.69) is 91.0 Å². The van der Waals surface area contributed by atoms with Crippen molar-refractivity contribution in [2.45, 2.75) is 330 Å². The van der Waals surface area contributed by atoms with Crippen LogP contribution in [0, 0.1) is 5.41 Å². The molecule has 14 amide bonds. The van der Waals surface area contributed by atoms with Gasteiger partial charge < -0.3 is 122 Å². The number of guanidine groups is 1. The summed E-state index contributed by atoms with van der Waals surface area (Å²) in [5, 5.41) is 85.2. The quantitative estimate of drug-likeness (QED) is 0.0162. The Hall–Kier alpha value is -12.0. The van der Waals surface area contributed by atoms with Crippen LogP contribution in [0.15, 0.2) is 73.3 Å². The van der Waals surface area contributed by atoms with Crippen molar-refractivity contribution < 1.29 is 97.1 Å². The zero-order chi connectivity index (χ0) is 96.4. The maximum atomic E-state index is 15.4. The summed E-state index contributed by atoms with van der Waals surface area (Å²) in [4.78, 5) is 237. The number of hydrogen-bond acceptors (Lipinski definition) is 22. The van der Waals surface area contributed by atoms with Gasteiger partial charge >= 0.3 is 5.97 Å². The summed E-state index contributed by atoms with van der Waals surface area (Å²) < 4.78 is 0. The number of para-hydroxylation sites is 1. The molecular weight excluding hydrogens is 1710 g/mol. The van der Waals surface area contributed by atoms with Crippen molar-refractivity contribution in [1.29, 1.82) is 5.41 Å². The van der Waals surface area contributed by atoms with Crippen molar-refractivity contribution >= 4 is 111 Å². The summed E-state index contributed by atoms with van der Waals surface area (Å²) in [6, 6.07) is -3.84. The smallest absolute Gasteiger partial charge is 0.303 e. The number of aliphatic hydroxyl groups excluding tert-OH is 3. The highest BCUT2D eigenvalue weighted by Crippen LogP contribution is 2.25. The van der Waals surface area contributed by atoms with Gasteiger partial charge in [-0.25, -0.2) is 4.98 Å². The number of hydrogen-bond donors (Lipinski definition) is 23. The van der Waals surface area contributed by atoms with E-state index in [1.807, 2.05) is 12.1 Å². The number of nitrogens with one attached hydrogen (secondary N) is 16. The molecule has 4 heterocycles. The van der Waals surface area contributed by atoms with Crippen molar-refractivity contribution in [3.05, 3.63) is 90.1 Å². The van der Waals surface area contributed by atoms with Crippen LogP contribution in [0.3, 0.4) is 0 Å². The van der Waals surface area contributed by atoms with E-state index < -0.39 is 244 Å². The van der Waals surface area contributed by atoms with E-state index in [0.717, 1.165) is 54.8 Å². The number of carbonyl (C=O) groups is 16. The van der Waals surface area contributed by atoms with E-state index >= 15 is 14.4 Å². The number of Topliss-reactive ketones (excluding diaryl/α,β-unsaturated/α-hetero) is 1. The lowest BCUT2D eigenvalue weighted by Gasteiger charge is -2.31. The number of aromatic amines is 2. The second-order valence-electron chi connectivity index (χ2n) is 34.3. The number of amides is 14. The molecule has 0 radical (unpaired) electrons. The molecule has 0 aliphatic carbocycles. The number of benzene rings is 2. The second kappa shape index (κ2) is 59.4. The molecule has 4 unspecified atom stereocenters. The van der Waals surface area contributed by atoms with E-state index in [1.165, 1.54) is 76.7 Å². The number of aliphatic carboxylic acids is 1. The van der Waals surface area contributed by atoms with Crippen LogP contribution in [0.2, 0.25) is 0 Å². The van der Waals surface area contributed by atoms with Crippen LogP contribution in [0.25, 0.3) is 10.9 Å². The molecule has 4 aromatic rings. The number of H-pyrrole nitrogens is 2. The molecule has 14 atom stereocenters. The van der Waals surface area contributed by atoms with Gasteiger partial charge in [0.2, 0.25) is 82.7 Å². The molecule has 2 saturated heterocycles. The molecule has 0 bridgehead atoms. The van der Waals surface area contributed by atoms with Crippen LogP contribution in [0.5, 0.6) is 0 Å². The van der Waals surface area contributed by atoms with Gasteiger partial charge in [-0.15, -0.1) is 0 Å². The highest BCUT2D eigenvalue weighted by atomic mass is 16.4. The maximum Gasteiger partial charge on any atom is 0.303 e. The summed E-state index contributed by atoms with van der Waals surface area (Å²) in [6.45, 7) is 3.36. The van der Waals surface area contributed by atoms with Crippen LogP contribution < -0.4 is 86.3 Å². The topological polar surface area (TPSA) is 660 Å². The summed E-state index contributed by atoms with van der Waals surface area (Å²) in [6.07, 6.45) is 15.9. The fourth-order valence-electron chi connectivity index (χ4n) is 15.8. The number of rotatable bonds is 52. The third kappa shape index (κ3) is 39.6. The fourth-order valence-corrected chi connectivity index (χ4v) is 15.8. The van der Waals surface area contributed by atoms with Gasteiger partial charge in [0.1, 0.15) is 78.3 Å². The Morgan fingerprint density at radius 2 is 1.14 bits per heavy atom. The van der Waals surface area contributed by atoms with Crippen LogP contribution >= 0.6 is 0 Å². The number of fused-ring (bicyclic) bond motifs is 2. The molecule has 2 aromatic carbocycles. The number of carboxylic acids is 1. The number of carboxylic acid groups (broad SMARTS) is 1. The number of ketones is 1. The van der Waals surface area contributed by atoms with Crippen LogP contribution in [0.1, 0.15) is 243 Å². The molecule has 26 N–H and O–H groups in total. The average molecular weight is 1850 g/mol. The van der Waals surface area contributed by atoms with E-state index in [9.17, 15) is 82.8 Å². The van der Waals surface area contributed by atoms with Crippen LogP contribution in [-0.4, -0.2) is 258 Å². The first-order valence-electron chi connectivity index (χ1n) is 46.6. The molecule has 2 aliphatic heterocycles. The van der Waals surface area contributed by atoms with Gasteiger partial charge in [-0.1, -0.05) is 172 Å². The minimum Gasteiger partial charge on any atom is -0.481 e. The Morgan fingerprint density at radius 3 is 1.77 bits per heavy atom. The number of aliphatic hydroxyl groups is 3. The predicted molar refractivity (Wildman–Crippen MR) is 489 cm³/mol. The first-order chi connectivity index (χ1) is 63.3. The van der Waals surface area contributed by atoms with Gasteiger partial charge in [-0.2, -0.15) is 0 Å². The first kappa shape index (κ1) is 109. The molecule has 2 fully saturated rings. The van der Waals surface area contributed by atoms with Crippen LogP contribution in [-0.2, 0) is 96.0 Å². The lowest BCUT2D eigenvalue weighted by molar-refractivity contribution is -0.143. The van der Waals surface area contributed by atoms with Crippen molar-refractivity contribution in [3.8, 4) is 0 Å². The fraction of sp³-hybridized carbons (Fsp3) is 0.626. The molecule has 730 valence electrons. The van der Waals surface area contributed by atoms with Crippen molar-refractivity contribution in [3.63, 3.8) is 0 Å². The molecular formula is C91H141N21O20. The monoisotopic (exact) mass is 1850 g/mol. The number of imidazole rings is 1. The standard InChI is InChI=1S/C91H141N21O20/c1-4-6-8-9-10-11-12-13-14-15-16-17-18-19-20-24-37-76(118)101-67(41-43-77(119)120)83(125)111-78(56(3)114)89(131)105-68(40-42-75(92)117)82(124)108-72(48-59-51-97-55-100-59)86(128)110-73(54-113)87(129)104-65(33-7-5-2)80(122)106-69-39-38-60(115)52-96-44-28-27-35-64(79(93)121)102-85(127)71(47-58-50-99-63-34-26-25-32-62(58)63)107-81(123)66(36-29-45-98-91(94)95)103-84(126)70(46-57-30-22-21-23-31-57)109-88(130)74-49-61(116)53-112(74)90(69)132/h21-23,25-26,30-32,34,50-51,55-56,61,64-74,78,96,99,113-114,116H,4-20,24,27-29,33,35-49,52-54H2,1-3H3,(H2,92,117)(H2,93,121)(H,97,100)(H,101,118)(H,102,127)(H,103,126)(H,104,129)(H,105,131)(H,106,122)(H,107,123)(H,108,124)(H,109,130)(H,110,128)(H,111,125)(H,119,120)(H4,94,95,98)/t56?,61?,64-,65-,66-,67?,68-,69-,70?,71-,72-,73-,74-,78-/m0/s1. The summed E-state index contributed by atoms with van der Waals surface area (Å²) in [7, 11) is 0. The van der Waals surface area contributed by atoms with E-state index in [-0.39, 0.29) is 89.1 Å². The van der Waals surface area contributed by atoms with E-state index in [4.69, 9.17) is 22.6 Å². The summed E-state index contributed by atoms with van der Waals surface area (Å²) >= 11 is 0. The maximum absolute atomic E-state index is 15.4. The molecule has 41 heteroatoms. The first-order valence-corrected chi connectivity index (χ1v) is 46.6. The summed E-state index contributed by atoms with van der Waals surface area (Å²) in [5.41, 5.74) is 19.0. The zero-order valence-corrected chi connectivity index (χ0v) is 76.2. The number of nitrogens with two attached hydrogens (primary N) is 3. The molecule has 0 saturated carbocycles. The van der Waals surface area contributed by atoms with Gasteiger partial charge in [0.15, 0.2) is 5.96 Å². The van der Waals surface area contributed by atoms with E-state index in [1.54, 1.807) is 55.6 Å². The van der Waals surface area contributed by atoms with Crippen molar-refractivity contribution in [2.75, 3.05) is 32.8 Å². The lowest BCUT2D eigenvalue weighted by Crippen LogP contribution is -2.62. The van der Waals surface area contributed by atoms with Gasteiger partial charge in [0, 0.05) is 87.8 Å². The van der Waals surface area contributed by atoms with Gasteiger partial charge in [0.05, 0.1) is 37.4 Å². The predicted octanol–water partition coefficient (Wildman–Crippen LogP) is 0.430. The number of carbonyl (C=O) groups excluding carboxylic acids is 15. The number of nitrogens with zero attached hydrogens (tertiary/aromatic N) is 2. The second-order valence-corrected chi connectivity index (χ2v) is 34.3. The molecule has 41 nitrogen and oxygen atoms in total. The van der Waals surface area contributed by atoms with E-state index in [0.29, 0.717) is 30.4 Å². The Kier molecular flexibility index (Phi) is 49.0. The van der Waals surface area contributed by atoms with Crippen molar-refractivity contribution in [2.24, 2.45) is 17.2 Å². The molecule has 2 aliphatic rings. The average Bonchev–Trinajstić information content (AvgIpc) is 1.66. The highest BCUT2D eigenvalue weighted by molar-refractivity contribution is 6.01. The van der Waals surface area contributed by atoms with Gasteiger partial charge in [-0.3, -0.25) is 82.1 Å². The Balaban J connectivity index is 1.20. The zero-order valence-electron chi connectivity index (χ0n) is 76.2.